The van der Waals surface area contributed by atoms with Gasteiger partial charge < -0.3 is 10.0 Å². The van der Waals surface area contributed by atoms with Crippen LogP contribution in [0.25, 0.3) is 0 Å². The van der Waals surface area contributed by atoms with Crippen LogP contribution in [0.4, 0.5) is 5.69 Å². The van der Waals surface area contributed by atoms with Gasteiger partial charge in [0.2, 0.25) is 0 Å². The van der Waals surface area contributed by atoms with Gasteiger partial charge in [-0.05, 0) is 32.9 Å². The van der Waals surface area contributed by atoms with Crippen molar-refractivity contribution in [2.45, 2.75) is 26.4 Å². The van der Waals surface area contributed by atoms with Crippen LogP contribution >= 0.6 is 0 Å². The van der Waals surface area contributed by atoms with E-state index in [0.717, 1.165) is 5.69 Å². The Morgan fingerprint density at radius 1 is 1.33 bits per heavy atom. The van der Waals surface area contributed by atoms with Gasteiger partial charge in [0.25, 0.3) is 5.91 Å². The molecule has 0 aliphatic rings. The maximum Gasteiger partial charge on any atom is 0.258 e. The maximum absolute atomic E-state index is 11.9. The number of benzene rings is 1. The highest BCUT2D eigenvalue weighted by Crippen LogP contribution is 2.17. The highest BCUT2D eigenvalue weighted by atomic mass is 16.3. The van der Waals surface area contributed by atoms with E-state index in [1.54, 1.807) is 4.90 Å². The molecule has 0 radical (unpaired) electrons. The van der Waals surface area contributed by atoms with Gasteiger partial charge in [0.05, 0.1) is 0 Å². The van der Waals surface area contributed by atoms with Crippen molar-refractivity contribution >= 4 is 11.6 Å². The van der Waals surface area contributed by atoms with Gasteiger partial charge in [0.15, 0.2) is 0 Å². The molecule has 0 spiro atoms. The Kier molecular flexibility index (Phi) is 3.48. The summed E-state index contributed by atoms with van der Waals surface area (Å²) in [6.07, 6.45) is 0. The molecule has 0 fully saturated rings. The standard InChI is InChI=1S/C12H17NO2/c1-4-13(11(14)12(2,3)15)10-8-6-5-7-9-10/h5-9,15H,4H2,1-3H3. The Morgan fingerprint density at radius 3 is 2.27 bits per heavy atom. The number of hydrogen-bond donors (Lipinski definition) is 1. The molecule has 0 aliphatic carbocycles. The van der Waals surface area contributed by atoms with E-state index in [1.807, 2.05) is 37.3 Å². The van der Waals surface area contributed by atoms with Crippen molar-refractivity contribution in [3.63, 3.8) is 0 Å². The quantitative estimate of drug-likeness (QED) is 0.821. The normalized spacial score (nSPS) is 11.2. The number of para-hydroxylation sites is 1. The fraction of sp³-hybridized carbons (Fsp3) is 0.417. The SMILES string of the molecule is CCN(C(=O)C(C)(C)O)c1ccccc1. The first kappa shape index (κ1) is 11.7. The van der Waals surface area contributed by atoms with Crippen LogP contribution in [0.15, 0.2) is 30.3 Å². The molecule has 1 aromatic rings. The third-order valence-corrected chi connectivity index (χ3v) is 2.15. The van der Waals surface area contributed by atoms with Crippen molar-refractivity contribution in [2.24, 2.45) is 0 Å². The van der Waals surface area contributed by atoms with Gasteiger partial charge in [-0.15, -0.1) is 0 Å². The molecule has 82 valence electrons. The molecular weight excluding hydrogens is 190 g/mol. The first-order valence-electron chi connectivity index (χ1n) is 5.06. The summed E-state index contributed by atoms with van der Waals surface area (Å²) in [5, 5.41) is 9.66. The van der Waals surface area contributed by atoms with Crippen molar-refractivity contribution in [3.05, 3.63) is 30.3 Å². The van der Waals surface area contributed by atoms with Crippen LogP contribution in [0.2, 0.25) is 0 Å². The summed E-state index contributed by atoms with van der Waals surface area (Å²) < 4.78 is 0. The number of rotatable bonds is 3. The van der Waals surface area contributed by atoms with Crippen LogP contribution in [0.3, 0.4) is 0 Å². The van der Waals surface area contributed by atoms with Crippen molar-refractivity contribution < 1.29 is 9.90 Å². The number of nitrogens with zero attached hydrogens (tertiary/aromatic N) is 1. The zero-order chi connectivity index (χ0) is 11.5. The molecule has 1 amide bonds. The molecule has 0 aliphatic heterocycles. The second kappa shape index (κ2) is 4.45. The monoisotopic (exact) mass is 207 g/mol. The molecule has 0 saturated carbocycles. The molecule has 3 nitrogen and oxygen atoms in total. The maximum atomic E-state index is 11.9. The number of carbonyl (C=O) groups excluding carboxylic acids is 1. The van der Waals surface area contributed by atoms with E-state index in [-0.39, 0.29) is 5.91 Å². The molecule has 15 heavy (non-hydrogen) atoms. The Morgan fingerprint density at radius 2 is 1.87 bits per heavy atom. The molecule has 0 unspecified atom stereocenters. The fourth-order valence-electron chi connectivity index (χ4n) is 1.38. The summed E-state index contributed by atoms with van der Waals surface area (Å²) in [4.78, 5) is 13.4. The predicted octanol–water partition coefficient (Wildman–Crippen LogP) is 1.81. The fourth-order valence-corrected chi connectivity index (χ4v) is 1.38. The van der Waals surface area contributed by atoms with Crippen molar-refractivity contribution in [1.29, 1.82) is 0 Å². The summed E-state index contributed by atoms with van der Waals surface area (Å²) >= 11 is 0. The largest absolute Gasteiger partial charge is 0.381 e. The van der Waals surface area contributed by atoms with E-state index in [2.05, 4.69) is 0 Å². The van der Waals surface area contributed by atoms with E-state index in [9.17, 15) is 9.90 Å². The third-order valence-electron chi connectivity index (χ3n) is 2.15. The average Bonchev–Trinajstić information content (AvgIpc) is 2.19. The van der Waals surface area contributed by atoms with Crippen LogP contribution in [0.1, 0.15) is 20.8 Å². The van der Waals surface area contributed by atoms with Crippen LogP contribution in [-0.2, 0) is 4.79 Å². The van der Waals surface area contributed by atoms with Gasteiger partial charge >= 0.3 is 0 Å². The Hall–Kier alpha value is -1.35. The number of aliphatic hydroxyl groups is 1. The molecule has 1 aromatic carbocycles. The lowest BCUT2D eigenvalue weighted by Crippen LogP contribution is -2.45. The van der Waals surface area contributed by atoms with Crippen molar-refractivity contribution in [3.8, 4) is 0 Å². The lowest BCUT2D eigenvalue weighted by molar-refractivity contribution is -0.133. The van der Waals surface area contributed by atoms with Crippen LogP contribution in [-0.4, -0.2) is 23.2 Å². The minimum Gasteiger partial charge on any atom is -0.381 e. The van der Waals surface area contributed by atoms with Gasteiger partial charge in [0.1, 0.15) is 5.60 Å². The van der Waals surface area contributed by atoms with Gasteiger partial charge in [-0.2, -0.15) is 0 Å². The molecular formula is C12H17NO2. The highest BCUT2D eigenvalue weighted by Gasteiger charge is 2.29. The van der Waals surface area contributed by atoms with Gasteiger partial charge in [0, 0.05) is 12.2 Å². The van der Waals surface area contributed by atoms with E-state index in [1.165, 1.54) is 13.8 Å². The van der Waals surface area contributed by atoms with Crippen LogP contribution in [0, 0.1) is 0 Å². The molecule has 1 rings (SSSR count). The molecule has 0 aromatic heterocycles. The third kappa shape index (κ3) is 2.80. The minimum atomic E-state index is -1.33. The van der Waals surface area contributed by atoms with Crippen molar-refractivity contribution in [1.82, 2.24) is 0 Å². The van der Waals surface area contributed by atoms with E-state index in [4.69, 9.17) is 0 Å². The topological polar surface area (TPSA) is 40.5 Å². The zero-order valence-electron chi connectivity index (χ0n) is 9.40. The first-order valence-corrected chi connectivity index (χ1v) is 5.06. The first-order chi connectivity index (χ1) is 6.96. The van der Waals surface area contributed by atoms with Gasteiger partial charge in [-0.25, -0.2) is 0 Å². The summed E-state index contributed by atoms with van der Waals surface area (Å²) in [6, 6.07) is 9.34. The van der Waals surface area contributed by atoms with Crippen molar-refractivity contribution in [2.75, 3.05) is 11.4 Å². The second-order valence-electron chi connectivity index (χ2n) is 3.94. The van der Waals surface area contributed by atoms with Gasteiger partial charge in [-0.3, -0.25) is 4.79 Å². The number of carbonyl (C=O) groups is 1. The zero-order valence-corrected chi connectivity index (χ0v) is 9.40. The Bertz CT molecular complexity index is 327. The van der Waals surface area contributed by atoms with Crippen LogP contribution in [0.5, 0.6) is 0 Å². The smallest absolute Gasteiger partial charge is 0.258 e. The lowest BCUT2D eigenvalue weighted by Gasteiger charge is -2.27. The predicted molar refractivity (Wildman–Crippen MR) is 60.8 cm³/mol. The number of anilines is 1. The molecule has 0 atom stereocenters. The molecule has 0 saturated heterocycles. The highest BCUT2D eigenvalue weighted by molar-refractivity contribution is 5.98. The Labute approximate surface area is 90.3 Å². The lowest BCUT2D eigenvalue weighted by atomic mass is 10.1. The summed E-state index contributed by atoms with van der Waals surface area (Å²) in [5.74, 6) is -0.281. The van der Waals surface area contributed by atoms with E-state index in [0.29, 0.717) is 6.54 Å². The molecule has 1 N–H and O–H groups in total. The van der Waals surface area contributed by atoms with E-state index < -0.39 is 5.60 Å². The summed E-state index contributed by atoms with van der Waals surface area (Å²) in [6.45, 7) is 5.44. The summed E-state index contributed by atoms with van der Waals surface area (Å²) in [5.41, 5.74) is -0.515. The second-order valence-corrected chi connectivity index (χ2v) is 3.94. The summed E-state index contributed by atoms with van der Waals surface area (Å²) in [7, 11) is 0. The number of amides is 1. The number of likely N-dealkylation sites (N-methyl/N-ethyl adjacent to an activating group) is 1. The van der Waals surface area contributed by atoms with Gasteiger partial charge in [-0.1, -0.05) is 18.2 Å². The molecule has 0 heterocycles. The average molecular weight is 207 g/mol. The molecule has 3 heteroatoms. The number of hydrogen-bond acceptors (Lipinski definition) is 2. The molecule has 0 bridgehead atoms. The minimum absolute atomic E-state index is 0.281. The van der Waals surface area contributed by atoms with Crippen LogP contribution < -0.4 is 4.90 Å². The Balaban J connectivity index is 2.96. The van der Waals surface area contributed by atoms with E-state index >= 15 is 0 Å².